The van der Waals surface area contributed by atoms with Crippen LogP contribution in [0.15, 0.2) is 47.4 Å². The number of hydrogen-bond acceptors (Lipinski definition) is 4. The zero-order chi connectivity index (χ0) is 21.6. The van der Waals surface area contributed by atoms with Crippen molar-refractivity contribution >= 4 is 15.9 Å². The Kier molecular flexibility index (Phi) is 7.89. The van der Waals surface area contributed by atoms with Crippen molar-refractivity contribution in [3.63, 3.8) is 0 Å². The van der Waals surface area contributed by atoms with Crippen molar-refractivity contribution in [2.75, 3.05) is 13.6 Å². The highest BCUT2D eigenvalue weighted by Gasteiger charge is 2.19. The van der Waals surface area contributed by atoms with Gasteiger partial charge in [-0.05, 0) is 50.2 Å². The molecule has 0 aromatic heterocycles. The summed E-state index contributed by atoms with van der Waals surface area (Å²) in [5.41, 5.74) is 1.68. The highest BCUT2D eigenvalue weighted by atomic mass is 32.2. The van der Waals surface area contributed by atoms with Crippen LogP contribution in [0.25, 0.3) is 0 Å². The summed E-state index contributed by atoms with van der Waals surface area (Å²) in [4.78, 5) is 14.6. The summed E-state index contributed by atoms with van der Waals surface area (Å²) in [6, 6.07) is 11.3. The van der Waals surface area contributed by atoms with E-state index in [1.54, 1.807) is 6.92 Å². The van der Waals surface area contributed by atoms with E-state index in [-0.39, 0.29) is 23.5 Å². The van der Waals surface area contributed by atoms with E-state index >= 15 is 0 Å². The third-order valence-corrected chi connectivity index (χ3v) is 6.23. The molecule has 0 aliphatic heterocycles. The van der Waals surface area contributed by atoms with Gasteiger partial charge in [0, 0.05) is 25.7 Å². The average Bonchev–Trinajstić information content (AvgIpc) is 2.67. The molecular weight excluding hydrogens is 393 g/mol. The fourth-order valence-corrected chi connectivity index (χ4v) is 3.79. The maximum Gasteiger partial charge on any atom is 0.254 e. The molecule has 8 heteroatoms. The Bertz CT molecular complexity index is 961. The minimum atomic E-state index is -3.78. The number of nitrogens with one attached hydrogen (secondary N) is 2. The molecule has 0 fully saturated rings. The second kappa shape index (κ2) is 9.96. The van der Waals surface area contributed by atoms with Crippen LogP contribution in [0.5, 0.6) is 0 Å². The molecule has 0 spiro atoms. The summed E-state index contributed by atoms with van der Waals surface area (Å²) in [7, 11) is -1.76. The molecule has 0 aliphatic carbocycles. The van der Waals surface area contributed by atoms with Gasteiger partial charge in [0.05, 0.1) is 10.5 Å². The summed E-state index contributed by atoms with van der Waals surface area (Å²) in [5, 5.41) is 2.70. The monoisotopic (exact) mass is 421 g/mol. The minimum absolute atomic E-state index is 0.148. The van der Waals surface area contributed by atoms with E-state index in [1.165, 1.54) is 0 Å². The summed E-state index contributed by atoms with van der Waals surface area (Å²) in [6.45, 7) is 6.97. The summed E-state index contributed by atoms with van der Waals surface area (Å²) in [5.74, 6) is -1.44. The van der Waals surface area contributed by atoms with E-state index < -0.39 is 21.7 Å². The summed E-state index contributed by atoms with van der Waals surface area (Å²) in [6.07, 6.45) is 0. The van der Waals surface area contributed by atoms with Gasteiger partial charge >= 0.3 is 0 Å². The Labute approximate surface area is 172 Å². The Morgan fingerprint density at radius 2 is 1.79 bits per heavy atom. The topological polar surface area (TPSA) is 78.5 Å². The van der Waals surface area contributed by atoms with Gasteiger partial charge in [0.1, 0.15) is 5.82 Å². The van der Waals surface area contributed by atoms with E-state index in [1.807, 2.05) is 31.3 Å². The lowest BCUT2D eigenvalue weighted by molar-refractivity contribution is 0.0946. The van der Waals surface area contributed by atoms with Crippen LogP contribution >= 0.6 is 0 Å². The molecule has 2 rings (SSSR count). The molecule has 158 valence electrons. The van der Waals surface area contributed by atoms with E-state index in [9.17, 15) is 17.6 Å². The highest BCUT2D eigenvalue weighted by Crippen LogP contribution is 2.16. The Morgan fingerprint density at radius 1 is 1.14 bits per heavy atom. The first-order valence-electron chi connectivity index (χ1n) is 9.50. The number of carbonyl (C=O) groups is 1. The van der Waals surface area contributed by atoms with Crippen LogP contribution in [-0.2, 0) is 23.1 Å². The lowest BCUT2D eigenvalue weighted by Crippen LogP contribution is -2.28. The van der Waals surface area contributed by atoms with E-state index in [4.69, 9.17) is 0 Å². The molecule has 0 radical (unpaired) electrons. The average molecular weight is 422 g/mol. The molecule has 0 unspecified atom stereocenters. The fourth-order valence-electron chi connectivity index (χ4n) is 2.73. The molecule has 1 amide bonds. The predicted molar refractivity (Wildman–Crippen MR) is 111 cm³/mol. The van der Waals surface area contributed by atoms with Crippen LogP contribution in [0, 0.1) is 5.82 Å². The maximum absolute atomic E-state index is 14.2. The van der Waals surface area contributed by atoms with Crippen LogP contribution in [0.2, 0.25) is 0 Å². The SMILES string of the molecule is CCNS(=O)(=O)c1ccc(F)c(C(=O)NCc2ccccc2CN(C)C(C)C)c1. The summed E-state index contributed by atoms with van der Waals surface area (Å²) < 4.78 is 40.8. The van der Waals surface area contributed by atoms with Gasteiger partial charge in [-0.3, -0.25) is 9.69 Å². The zero-order valence-electron chi connectivity index (χ0n) is 17.2. The van der Waals surface area contributed by atoms with Gasteiger partial charge in [0.2, 0.25) is 10.0 Å². The maximum atomic E-state index is 14.2. The Balaban J connectivity index is 2.18. The molecule has 2 aromatic rings. The lowest BCUT2D eigenvalue weighted by atomic mass is 10.1. The molecule has 0 aliphatic rings. The number of carbonyl (C=O) groups excluding carboxylic acids is 1. The van der Waals surface area contributed by atoms with Gasteiger partial charge in [-0.15, -0.1) is 0 Å². The van der Waals surface area contributed by atoms with Gasteiger partial charge in [-0.2, -0.15) is 0 Å². The molecular formula is C21H28FN3O3S. The number of halogens is 1. The number of nitrogens with zero attached hydrogens (tertiary/aromatic N) is 1. The fraction of sp³-hybridized carbons (Fsp3) is 0.381. The minimum Gasteiger partial charge on any atom is -0.348 e. The van der Waals surface area contributed by atoms with Crippen molar-refractivity contribution in [3.8, 4) is 0 Å². The third-order valence-electron chi connectivity index (χ3n) is 4.69. The van der Waals surface area contributed by atoms with Crippen LogP contribution in [0.1, 0.15) is 42.3 Å². The van der Waals surface area contributed by atoms with E-state index in [0.717, 1.165) is 29.3 Å². The molecule has 0 saturated carbocycles. The molecule has 29 heavy (non-hydrogen) atoms. The standard InChI is InChI=1S/C21H28FN3O3S/c1-5-24-29(27,28)18-10-11-20(22)19(12-18)21(26)23-13-16-8-6-7-9-17(16)14-25(4)15(2)3/h6-12,15,24H,5,13-14H2,1-4H3,(H,23,26). The third kappa shape index (κ3) is 6.09. The van der Waals surface area contributed by atoms with Crippen LogP contribution in [0.4, 0.5) is 4.39 Å². The van der Waals surface area contributed by atoms with Crippen LogP contribution in [0.3, 0.4) is 0 Å². The highest BCUT2D eigenvalue weighted by molar-refractivity contribution is 7.89. The van der Waals surface area contributed by atoms with Gasteiger partial charge < -0.3 is 5.32 Å². The molecule has 0 atom stereocenters. The first kappa shape index (κ1) is 23.0. The Morgan fingerprint density at radius 3 is 2.41 bits per heavy atom. The first-order valence-corrected chi connectivity index (χ1v) is 11.0. The van der Waals surface area contributed by atoms with Gasteiger partial charge in [0.15, 0.2) is 0 Å². The quantitative estimate of drug-likeness (QED) is 0.653. The number of amides is 1. The van der Waals surface area contributed by atoms with Crippen molar-refractivity contribution < 1.29 is 17.6 Å². The van der Waals surface area contributed by atoms with Crippen molar-refractivity contribution in [3.05, 3.63) is 65.0 Å². The smallest absolute Gasteiger partial charge is 0.254 e. The second-order valence-electron chi connectivity index (χ2n) is 7.10. The first-order chi connectivity index (χ1) is 13.7. The van der Waals surface area contributed by atoms with Crippen molar-refractivity contribution in [2.45, 2.75) is 44.8 Å². The van der Waals surface area contributed by atoms with Crippen molar-refractivity contribution in [1.29, 1.82) is 0 Å². The Hall–Kier alpha value is -2.29. The number of rotatable bonds is 9. The number of benzene rings is 2. The zero-order valence-corrected chi connectivity index (χ0v) is 18.0. The van der Waals surface area contributed by atoms with E-state index in [2.05, 4.69) is 28.8 Å². The van der Waals surface area contributed by atoms with Crippen LogP contribution < -0.4 is 10.0 Å². The van der Waals surface area contributed by atoms with Crippen LogP contribution in [-0.4, -0.2) is 38.9 Å². The van der Waals surface area contributed by atoms with Crippen molar-refractivity contribution in [1.82, 2.24) is 14.9 Å². The van der Waals surface area contributed by atoms with Gasteiger partial charge in [-0.1, -0.05) is 31.2 Å². The van der Waals surface area contributed by atoms with E-state index in [0.29, 0.717) is 12.6 Å². The normalized spacial score (nSPS) is 11.8. The van der Waals surface area contributed by atoms with Gasteiger partial charge in [-0.25, -0.2) is 17.5 Å². The second-order valence-corrected chi connectivity index (χ2v) is 8.87. The summed E-state index contributed by atoms with van der Waals surface area (Å²) >= 11 is 0. The molecule has 2 aromatic carbocycles. The van der Waals surface area contributed by atoms with Crippen molar-refractivity contribution in [2.24, 2.45) is 0 Å². The molecule has 0 bridgehead atoms. The molecule has 0 saturated heterocycles. The number of hydrogen-bond donors (Lipinski definition) is 2. The number of sulfonamides is 1. The predicted octanol–water partition coefficient (Wildman–Crippen LogP) is 2.89. The largest absolute Gasteiger partial charge is 0.348 e. The molecule has 0 heterocycles. The molecule has 6 nitrogen and oxygen atoms in total. The molecule has 2 N–H and O–H groups in total. The lowest BCUT2D eigenvalue weighted by Gasteiger charge is -2.22. The van der Waals surface area contributed by atoms with Gasteiger partial charge in [0.25, 0.3) is 5.91 Å².